The van der Waals surface area contributed by atoms with Gasteiger partial charge in [-0.3, -0.25) is 4.79 Å². The number of hydrogen-bond acceptors (Lipinski definition) is 3. The lowest BCUT2D eigenvalue weighted by molar-refractivity contribution is -0.117. The average molecular weight is 370 g/mol. The Morgan fingerprint density at radius 3 is 2.55 bits per heavy atom. The summed E-state index contributed by atoms with van der Waals surface area (Å²) < 4.78 is 0.904. The van der Waals surface area contributed by atoms with Gasteiger partial charge in [-0.1, -0.05) is 54.9 Å². The first kappa shape index (κ1) is 18.9. The number of hydrogen-bond donors (Lipinski definition) is 3. The molecule has 0 aliphatic carbocycles. The van der Waals surface area contributed by atoms with Crippen LogP contribution in [-0.2, 0) is 4.79 Å². The molecule has 1 rings (SSSR count). The van der Waals surface area contributed by atoms with E-state index in [1.807, 2.05) is 45.0 Å². The molecule has 0 radical (unpaired) electrons. The Kier molecular flexibility index (Phi) is 7.26. The van der Waals surface area contributed by atoms with E-state index in [4.69, 9.17) is 0 Å². The van der Waals surface area contributed by atoms with Crippen molar-refractivity contribution in [2.24, 2.45) is 5.41 Å². The Morgan fingerprint density at radius 1 is 1.36 bits per heavy atom. The van der Waals surface area contributed by atoms with Gasteiger partial charge in [0.05, 0.1) is 18.8 Å². The van der Waals surface area contributed by atoms with Crippen molar-refractivity contribution >= 4 is 27.9 Å². The van der Waals surface area contributed by atoms with Gasteiger partial charge < -0.3 is 15.5 Å². The fraction of sp³-hybridized carbons (Fsp3) is 0.471. The molecule has 22 heavy (non-hydrogen) atoms. The van der Waals surface area contributed by atoms with Crippen molar-refractivity contribution in [3.05, 3.63) is 40.4 Å². The molecule has 0 aliphatic heterocycles. The molecule has 2 unspecified atom stereocenters. The third kappa shape index (κ3) is 6.30. The first-order valence-corrected chi connectivity index (χ1v) is 8.05. The number of carbonyl (C=O) groups is 1. The van der Waals surface area contributed by atoms with Crippen LogP contribution in [0.4, 0.5) is 0 Å². The van der Waals surface area contributed by atoms with Gasteiger partial charge in [-0.2, -0.15) is 0 Å². The van der Waals surface area contributed by atoms with E-state index in [2.05, 4.69) is 21.2 Å². The van der Waals surface area contributed by atoms with Crippen LogP contribution in [0.2, 0.25) is 0 Å². The zero-order valence-electron chi connectivity index (χ0n) is 13.2. The van der Waals surface area contributed by atoms with Crippen molar-refractivity contribution in [1.29, 1.82) is 0 Å². The molecule has 0 saturated heterocycles. The fourth-order valence-corrected chi connectivity index (χ4v) is 2.24. The van der Waals surface area contributed by atoms with Crippen molar-refractivity contribution in [3.8, 4) is 0 Å². The summed E-state index contributed by atoms with van der Waals surface area (Å²) in [5.74, 6) is -0.295. The monoisotopic (exact) mass is 369 g/mol. The minimum atomic E-state index is -0.600. The molecule has 0 aliphatic rings. The molecular weight excluding hydrogens is 346 g/mol. The summed E-state index contributed by atoms with van der Waals surface area (Å²) in [5, 5.41) is 22.1. The Balaban J connectivity index is 2.60. The van der Waals surface area contributed by atoms with Crippen LogP contribution in [0.25, 0.3) is 6.08 Å². The molecule has 4 nitrogen and oxygen atoms in total. The maximum absolute atomic E-state index is 11.9. The van der Waals surface area contributed by atoms with E-state index >= 15 is 0 Å². The maximum Gasteiger partial charge on any atom is 0.244 e. The third-order valence-electron chi connectivity index (χ3n) is 3.39. The predicted molar refractivity (Wildman–Crippen MR) is 92.3 cm³/mol. The van der Waals surface area contributed by atoms with Crippen LogP contribution in [-0.4, -0.2) is 34.9 Å². The van der Waals surface area contributed by atoms with Gasteiger partial charge in [0.25, 0.3) is 0 Å². The Bertz CT molecular complexity index is 523. The first-order chi connectivity index (χ1) is 10.2. The SMILES string of the molecule is CC(C)(C)C(O)CC(CO)NC(=O)C=Cc1ccccc1Br. The molecule has 122 valence electrons. The van der Waals surface area contributed by atoms with E-state index in [0.717, 1.165) is 10.0 Å². The van der Waals surface area contributed by atoms with Crippen LogP contribution in [0.15, 0.2) is 34.8 Å². The number of halogens is 1. The van der Waals surface area contributed by atoms with Crippen molar-refractivity contribution in [2.75, 3.05) is 6.61 Å². The quantitative estimate of drug-likeness (QED) is 0.675. The van der Waals surface area contributed by atoms with Gasteiger partial charge in [0.2, 0.25) is 5.91 Å². The van der Waals surface area contributed by atoms with Crippen LogP contribution in [0.3, 0.4) is 0 Å². The standard InChI is InChI=1S/C17H24BrNO3/c1-17(2,3)15(21)10-13(11-20)19-16(22)9-8-12-6-4-5-7-14(12)18/h4-9,13,15,20-21H,10-11H2,1-3H3,(H,19,22). The predicted octanol–water partition coefficient (Wildman–Crippen LogP) is 2.74. The summed E-state index contributed by atoms with van der Waals surface area (Å²) >= 11 is 3.41. The second-order valence-corrected chi connectivity index (χ2v) is 7.21. The molecule has 1 aromatic carbocycles. The van der Waals surface area contributed by atoms with E-state index in [9.17, 15) is 15.0 Å². The van der Waals surface area contributed by atoms with Crippen molar-refractivity contribution in [2.45, 2.75) is 39.3 Å². The highest BCUT2D eigenvalue weighted by Crippen LogP contribution is 2.22. The number of benzene rings is 1. The van der Waals surface area contributed by atoms with E-state index in [1.165, 1.54) is 6.08 Å². The molecule has 0 saturated carbocycles. The normalized spacial score (nSPS) is 14.8. The van der Waals surface area contributed by atoms with Crippen molar-refractivity contribution in [1.82, 2.24) is 5.32 Å². The summed E-state index contributed by atoms with van der Waals surface area (Å²) in [6.45, 7) is 5.55. The first-order valence-electron chi connectivity index (χ1n) is 7.26. The lowest BCUT2D eigenvalue weighted by atomic mass is 9.85. The highest BCUT2D eigenvalue weighted by molar-refractivity contribution is 9.10. The van der Waals surface area contributed by atoms with Gasteiger partial charge in [-0.05, 0) is 29.5 Å². The zero-order valence-corrected chi connectivity index (χ0v) is 14.8. The van der Waals surface area contributed by atoms with Crippen LogP contribution >= 0.6 is 15.9 Å². The molecule has 1 aromatic rings. The topological polar surface area (TPSA) is 69.6 Å². The van der Waals surface area contributed by atoms with Crippen LogP contribution < -0.4 is 5.32 Å². The van der Waals surface area contributed by atoms with E-state index in [-0.39, 0.29) is 17.9 Å². The van der Waals surface area contributed by atoms with Gasteiger partial charge in [-0.25, -0.2) is 0 Å². The number of rotatable bonds is 6. The average Bonchev–Trinajstić information content (AvgIpc) is 2.44. The van der Waals surface area contributed by atoms with E-state index in [1.54, 1.807) is 6.08 Å². The molecule has 0 bridgehead atoms. The number of carbonyl (C=O) groups excluding carboxylic acids is 1. The fourth-order valence-electron chi connectivity index (χ4n) is 1.83. The third-order valence-corrected chi connectivity index (χ3v) is 4.12. The minimum absolute atomic E-state index is 0.207. The van der Waals surface area contributed by atoms with Gasteiger partial charge in [0.1, 0.15) is 0 Å². The second-order valence-electron chi connectivity index (χ2n) is 6.36. The van der Waals surface area contributed by atoms with Crippen LogP contribution in [0.5, 0.6) is 0 Å². The molecule has 1 amide bonds. The largest absolute Gasteiger partial charge is 0.394 e. The zero-order chi connectivity index (χ0) is 16.8. The summed E-state index contributed by atoms with van der Waals surface area (Å²) in [4.78, 5) is 11.9. The number of amides is 1. The van der Waals surface area contributed by atoms with Crippen molar-refractivity contribution in [3.63, 3.8) is 0 Å². The lowest BCUT2D eigenvalue weighted by Crippen LogP contribution is -2.41. The van der Waals surface area contributed by atoms with Gasteiger partial charge in [0, 0.05) is 10.5 Å². The summed E-state index contributed by atoms with van der Waals surface area (Å²) in [5.41, 5.74) is 0.607. The maximum atomic E-state index is 11.9. The Labute approximate surface area is 140 Å². The van der Waals surface area contributed by atoms with Gasteiger partial charge in [-0.15, -0.1) is 0 Å². The lowest BCUT2D eigenvalue weighted by Gasteiger charge is -2.29. The Morgan fingerprint density at radius 2 is 2.00 bits per heavy atom. The highest BCUT2D eigenvalue weighted by Gasteiger charge is 2.25. The Hall–Kier alpha value is -1.17. The molecular formula is C17H24BrNO3. The van der Waals surface area contributed by atoms with Crippen LogP contribution in [0, 0.1) is 5.41 Å². The number of nitrogens with one attached hydrogen (secondary N) is 1. The summed E-state index contributed by atoms with van der Waals surface area (Å²) in [6.07, 6.45) is 2.84. The molecule has 0 fully saturated rings. The summed E-state index contributed by atoms with van der Waals surface area (Å²) in [7, 11) is 0. The molecule has 3 N–H and O–H groups in total. The van der Waals surface area contributed by atoms with Gasteiger partial charge in [0.15, 0.2) is 0 Å². The second kappa shape index (κ2) is 8.46. The van der Waals surface area contributed by atoms with Gasteiger partial charge >= 0.3 is 0 Å². The minimum Gasteiger partial charge on any atom is -0.394 e. The molecule has 5 heteroatoms. The number of aliphatic hydroxyl groups excluding tert-OH is 2. The smallest absolute Gasteiger partial charge is 0.244 e. The molecule has 0 aromatic heterocycles. The highest BCUT2D eigenvalue weighted by atomic mass is 79.9. The molecule has 0 spiro atoms. The van der Waals surface area contributed by atoms with Crippen LogP contribution in [0.1, 0.15) is 32.8 Å². The number of aliphatic hydroxyl groups is 2. The molecule has 2 atom stereocenters. The van der Waals surface area contributed by atoms with Crippen molar-refractivity contribution < 1.29 is 15.0 Å². The van der Waals surface area contributed by atoms with E-state index in [0.29, 0.717) is 6.42 Å². The van der Waals surface area contributed by atoms with E-state index < -0.39 is 12.1 Å². The molecule has 0 heterocycles. The summed E-state index contributed by atoms with van der Waals surface area (Å²) in [6, 6.07) is 7.11.